The van der Waals surface area contributed by atoms with E-state index in [-0.39, 0.29) is 26.1 Å². The quantitative estimate of drug-likeness (QED) is 0.213. The Hall–Kier alpha value is -3.57. The number of carbonyl (C=O) groups is 1. The number of anilines is 3. The van der Waals surface area contributed by atoms with Crippen molar-refractivity contribution < 1.29 is 21.6 Å². The van der Waals surface area contributed by atoms with Crippen LogP contribution in [0.1, 0.15) is 21.5 Å². The van der Waals surface area contributed by atoms with Gasteiger partial charge in [-0.3, -0.25) is 14.2 Å². The third-order valence-corrected chi connectivity index (χ3v) is 9.23. The molecule has 0 aliphatic carbocycles. The number of aryl methyl sites for hydroxylation is 1. The zero-order chi connectivity index (χ0) is 28.4. The maximum Gasteiger partial charge on any atom is 0.261 e. The minimum atomic E-state index is -3.89. The van der Waals surface area contributed by atoms with Crippen LogP contribution in [0, 0.1) is 13.8 Å². The fourth-order valence-electron chi connectivity index (χ4n) is 3.50. The van der Waals surface area contributed by atoms with E-state index in [2.05, 4.69) is 14.8 Å². The van der Waals surface area contributed by atoms with Crippen molar-refractivity contribution in [3.05, 3.63) is 112 Å². The molecule has 0 unspecified atom stereocenters. The van der Waals surface area contributed by atoms with Crippen molar-refractivity contribution in [2.24, 2.45) is 0 Å². The van der Waals surface area contributed by atoms with Crippen LogP contribution in [0.3, 0.4) is 0 Å². The molecule has 8 nitrogen and oxygen atoms in total. The first-order chi connectivity index (χ1) is 18.4. The lowest BCUT2D eigenvalue weighted by Gasteiger charge is -2.13. The Kier molecular flexibility index (Phi) is 8.22. The monoisotopic (exact) mass is 603 g/mol. The van der Waals surface area contributed by atoms with E-state index in [0.717, 1.165) is 5.56 Å². The molecule has 0 radical (unpaired) electrons. The number of hydrogen-bond acceptors (Lipinski definition) is 5. The van der Waals surface area contributed by atoms with Crippen LogP contribution in [0.25, 0.3) is 0 Å². The lowest BCUT2D eigenvalue weighted by molar-refractivity contribution is 0.102. The SMILES string of the molecule is Cc1ccc(S(=O)(=O)Nc2ccc(C(=O)Nc3ccc(S(=O)(=O)Nc4cccc(Cl)c4C)cc3)cc2Cl)cc1. The zero-order valence-electron chi connectivity index (χ0n) is 20.7. The summed E-state index contributed by atoms with van der Waals surface area (Å²) in [4.78, 5) is 12.8. The number of halogens is 2. The van der Waals surface area contributed by atoms with Gasteiger partial charge in [0, 0.05) is 16.3 Å². The van der Waals surface area contributed by atoms with E-state index in [0.29, 0.717) is 22.0 Å². The van der Waals surface area contributed by atoms with E-state index < -0.39 is 26.0 Å². The molecule has 3 N–H and O–H groups in total. The Labute approximate surface area is 237 Å². The van der Waals surface area contributed by atoms with Crippen LogP contribution in [0.5, 0.6) is 0 Å². The van der Waals surface area contributed by atoms with Gasteiger partial charge in [-0.15, -0.1) is 0 Å². The van der Waals surface area contributed by atoms with E-state index in [9.17, 15) is 21.6 Å². The molecule has 4 aromatic rings. The maximum atomic E-state index is 12.8. The first-order valence-electron chi connectivity index (χ1n) is 11.4. The Morgan fingerprint density at radius 2 is 1.23 bits per heavy atom. The van der Waals surface area contributed by atoms with Gasteiger partial charge >= 0.3 is 0 Å². The van der Waals surface area contributed by atoms with E-state index >= 15 is 0 Å². The summed E-state index contributed by atoms with van der Waals surface area (Å²) >= 11 is 12.3. The van der Waals surface area contributed by atoms with Crippen molar-refractivity contribution in [3.63, 3.8) is 0 Å². The highest BCUT2D eigenvalue weighted by Gasteiger charge is 2.18. The Morgan fingerprint density at radius 3 is 1.82 bits per heavy atom. The normalized spacial score (nSPS) is 11.6. The summed E-state index contributed by atoms with van der Waals surface area (Å²) in [7, 11) is -7.76. The smallest absolute Gasteiger partial charge is 0.261 e. The van der Waals surface area contributed by atoms with E-state index in [4.69, 9.17) is 23.2 Å². The molecule has 0 atom stereocenters. The second-order valence-corrected chi connectivity index (χ2v) is 12.8. The predicted molar refractivity (Wildman–Crippen MR) is 155 cm³/mol. The van der Waals surface area contributed by atoms with E-state index in [1.54, 1.807) is 37.3 Å². The molecular weight excluding hydrogens is 581 g/mol. The molecule has 0 bridgehead atoms. The Bertz CT molecular complexity index is 1760. The fraction of sp³-hybridized carbons (Fsp3) is 0.0741. The van der Waals surface area contributed by atoms with Gasteiger partial charge < -0.3 is 5.32 Å². The van der Waals surface area contributed by atoms with Crippen molar-refractivity contribution in [2.75, 3.05) is 14.8 Å². The van der Waals surface area contributed by atoms with Gasteiger partial charge in [0.05, 0.1) is 26.2 Å². The van der Waals surface area contributed by atoms with Gasteiger partial charge in [0.1, 0.15) is 0 Å². The van der Waals surface area contributed by atoms with Gasteiger partial charge in [0.2, 0.25) is 0 Å². The van der Waals surface area contributed by atoms with Gasteiger partial charge in [-0.1, -0.05) is 47.0 Å². The summed E-state index contributed by atoms with van der Waals surface area (Å²) in [5, 5.41) is 3.13. The molecule has 39 heavy (non-hydrogen) atoms. The van der Waals surface area contributed by atoms with Crippen LogP contribution < -0.4 is 14.8 Å². The molecule has 0 fully saturated rings. The van der Waals surface area contributed by atoms with Crippen LogP contribution in [-0.2, 0) is 20.0 Å². The molecule has 0 heterocycles. The van der Waals surface area contributed by atoms with Crippen LogP contribution in [0.2, 0.25) is 10.0 Å². The van der Waals surface area contributed by atoms with Gasteiger partial charge in [0.15, 0.2) is 0 Å². The number of carbonyl (C=O) groups excluding carboxylic acids is 1. The third kappa shape index (κ3) is 6.72. The molecule has 0 aromatic heterocycles. The summed E-state index contributed by atoms with van der Waals surface area (Å²) in [5.41, 5.74) is 2.51. The van der Waals surface area contributed by atoms with Crippen molar-refractivity contribution >= 4 is 66.2 Å². The second-order valence-electron chi connectivity index (χ2n) is 8.61. The lowest BCUT2D eigenvalue weighted by atomic mass is 10.2. The molecule has 1 amide bonds. The number of sulfonamides is 2. The minimum absolute atomic E-state index is 0.00636. The molecular formula is C27H23Cl2N3O5S2. The molecule has 4 rings (SSSR count). The van der Waals surface area contributed by atoms with Gasteiger partial charge in [-0.05, 0) is 86.1 Å². The topological polar surface area (TPSA) is 121 Å². The second kappa shape index (κ2) is 11.3. The molecule has 0 aliphatic rings. The van der Waals surface area contributed by atoms with Crippen LogP contribution in [-0.4, -0.2) is 22.7 Å². The third-order valence-electron chi connectivity index (χ3n) is 5.74. The number of rotatable bonds is 8. The van der Waals surface area contributed by atoms with Crippen molar-refractivity contribution in [3.8, 4) is 0 Å². The summed E-state index contributed by atoms with van der Waals surface area (Å²) in [5.74, 6) is -0.520. The molecule has 202 valence electrons. The van der Waals surface area contributed by atoms with Crippen molar-refractivity contribution in [1.82, 2.24) is 0 Å². The molecule has 4 aromatic carbocycles. The Morgan fingerprint density at radius 1 is 0.667 bits per heavy atom. The van der Waals surface area contributed by atoms with E-state index in [1.165, 1.54) is 54.6 Å². The Balaban J connectivity index is 1.44. The first-order valence-corrected chi connectivity index (χ1v) is 15.2. The summed E-state index contributed by atoms with van der Waals surface area (Å²) in [6.07, 6.45) is 0. The molecule has 0 aliphatic heterocycles. The number of hydrogen-bond donors (Lipinski definition) is 3. The average molecular weight is 605 g/mol. The van der Waals surface area contributed by atoms with Crippen LogP contribution in [0.15, 0.2) is 94.7 Å². The van der Waals surface area contributed by atoms with Crippen LogP contribution >= 0.6 is 23.2 Å². The molecule has 0 spiro atoms. The average Bonchev–Trinajstić information content (AvgIpc) is 2.88. The van der Waals surface area contributed by atoms with Gasteiger partial charge in [-0.25, -0.2) is 16.8 Å². The number of benzene rings is 4. The molecule has 0 saturated heterocycles. The maximum absolute atomic E-state index is 12.8. The zero-order valence-corrected chi connectivity index (χ0v) is 23.8. The van der Waals surface area contributed by atoms with Crippen molar-refractivity contribution in [1.29, 1.82) is 0 Å². The van der Waals surface area contributed by atoms with Crippen molar-refractivity contribution in [2.45, 2.75) is 23.6 Å². The fourth-order valence-corrected chi connectivity index (χ4v) is 6.16. The predicted octanol–water partition coefficient (Wildman–Crippen LogP) is 6.46. The number of amides is 1. The minimum Gasteiger partial charge on any atom is -0.322 e. The van der Waals surface area contributed by atoms with Gasteiger partial charge in [-0.2, -0.15) is 0 Å². The molecule has 12 heteroatoms. The highest BCUT2D eigenvalue weighted by atomic mass is 35.5. The highest BCUT2D eigenvalue weighted by Crippen LogP contribution is 2.28. The standard InChI is InChI=1S/C27H23Cl2N3O5S2/c1-17-6-11-21(12-7-17)39(36,37)32-26-15-8-19(16-24(26)29)27(33)30-20-9-13-22(14-10-20)38(34,35)31-25-5-3-4-23(28)18(25)2/h3-16,31-32H,1-2H3,(H,30,33). The summed E-state index contributed by atoms with van der Waals surface area (Å²) in [6, 6.07) is 21.0. The summed E-state index contributed by atoms with van der Waals surface area (Å²) < 4.78 is 55.8. The van der Waals surface area contributed by atoms with Gasteiger partial charge in [0.25, 0.3) is 26.0 Å². The highest BCUT2D eigenvalue weighted by molar-refractivity contribution is 7.93. The molecule has 0 saturated carbocycles. The van der Waals surface area contributed by atoms with Crippen LogP contribution in [0.4, 0.5) is 17.1 Å². The summed E-state index contributed by atoms with van der Waals surface area (Å²) in [6.45, 7) is 3.55. The largest absolute Gasteiger partial charge is 0.322 e. The number of nitrogens with one attached hydrogen (secondary N) is 3. The van der Waals surface area contributed by atoms with E-state index in [1.807, 2.05) is 6.92 Å². The first kappa shape index (κ1) is 28.4. The lowest BCUT2D eigenvalue weighted by Crippen LogP contribution is -2.15.